The molecule has 12 aromatic heterocycles. The van der Waals surface area contributed by atoms with Crippen molar-refractivity contribution in [2.45, 2.75) is 128 Å². The van der Waals surface area contributed by atoms with Crippen molar-refractivity contribution in [3.05, 3.63) is 218 Å². The fourth-order valence-corrected chi connectivity index (χ4v) is 12.6. The number of amides is 5. The largest absolute Gasteiger partial charge is 0.443 e. The summed E-state index contributed by atoms with van der Waals surface area (Å²) in [5.74, 6) is 2.38. The zero-order valence-electron chi connectivity index (χ0n) is 66.2. The summed E-state index contributed by atoms with van der Waals surface area (Å²) < 4.78 is 35.6. The Morgan fingerprint density at radius 2 is 0.846 bits per heavy atom. The van der Waals surface area contributed by atoms with E-state index in [0.29, 0.717) is 51.8 Å². The molecule has 0 bridgehead atoms. The van der Waals surface area contributed by atoms with Gasteiger partial charge in [0.1, 0.15) is 91.0 Å². The molecular weight excluding hydrogens is 1530 g/mol. The average Bonchev–Trinajstić information content (AvgIpc) is 1.25. The minimum absolute atomic E-state index is 0.0104. The number of halogens is 1. The second-order valence-electron chi connectivity index (χ2n) is 29.1. The van der Waals surface area contributed by atoms with Gasteiger partial charge in [-0.05, 0) is 153 Å². The number of methoxy groups -OCH3 is 3. The van der Waals surface area contributed by atoms with Crippen molar-refractivity contribution < 1.29 is 47.7 Å². The Morgan fingerprint density at radius 1 is 0.479 bits per heavy atom. The van der Waals surface area contributed by atoms with Crippen LogP contribution in [0.5, 0.6) is 0 Å². The molecule has 0 aromatic carbocycles. The molecule has 37 nitrogen and oxygen atoms in total. The fourth-order valence-electron chi connectivity index (χ4n) is 12.4. The quantitative estimate of drug-likeness (QED) is 0.0372. The second kappa shape index (κ2) is 35.9. The summed E-state index contributed by atoms with van der Waals surface area (Å²) >= 11 is 6.15. The van der Waals surface area contributed by atoms with Crippen LogP contribution in [0.3, 0.4) is 0 Å². The summed E-state index contributed by atoms with van der Waals surface area (Å²) in [6.45, 7) is 10.6. The van der Waals surface area contributed by atoms with Crippen molar-refractivity contribution in [1.29, 1.82) is 0 Å². The lowest BCUT2D eigenvalue weighted by Gasteiger charge is -2.35. The number of nitrogens with one attached hydrogen (secondary N) is 6. The van der Waals surface area contributed by atoms with Crippen LogP contribution in [0.15, 0.2) is 179 Å². The summed E-state index contributed by atoms with van der Waals surface area (Å²) in [7, 11) is 9.69. The van der Waals surface area contributed by atoms with Gasteiger partial charge < -0.3 is 61.3 Å². The van der Waals surface area contributed by atoms with E-state index in [1.165, 1.54) is 71.3 Å². The maximum Gasteiger partial charge on any atom is 0.415 e. The number of aromatic nitrogens is 15. The number of nitrogens with two attached hydrogens (primary N) is 1. The Hall–Kier alpha value is -13.5. The zero-order valence-corrected chi connectivity index (χ0v) is 66.9. The van der Waals surface area contributed by atoms with Crippen LogP contribution in [-0.4, -0.2) is 192 Å². The third-order valence-corrected chi connectivity index (χ3v) is 19.1. The summed E-state index contributed by atoms with van der Waals surface area (Å²) in [6, 6.07) is 30.5. The van der Waals surface area contributed by atoms with E-state index < -0.39 is 23.4 Å². The predicted octanol–water partition coefficient (Wildman–Crippen LogP) is 8.74. The number of fused-ring (bicyclic) bond motifs is 3. The normalized spacial score (nSPS) is 16.6. The molecule has 8 N–H and O–H groups in total. The van der Waals surface area contributed by atoms with Crippen LogP contribution in [0.1, 0.15) is 111 Å². The number of carbonyl (C=O) groups is 5. The maximum absolute atomic E-state index is 13.3. The third kappa shape index (κ3) is 19.1. The third-order valence-electron chi connectivity index (χ3n) is 18.9. The van der Waals surface area contributed by atoms with Crippen molar-refractivity contribution in [2.24, 2.45) is 0 Å². The molecule has 610 valence electrons. The SMILES string of the molecule is CNc1cc(Nc2cccn(-c3ccccn3)c2=O)nc2c(C(=O)NC3CCC3OC)cnn12.COC1CCC1NC(=O)c1cnn2c(N(C)C(=O)OC(C)(C)C)cc(Cl)nc12.COC1CCC1NC(=O)c1cnn2c(N(C)C(=O)OC(C)(C)C)cc(Nc3cccn(-c4ccccn4)c3=O)nc12.Nc1cccn(-c2ccccn2)c1=O. The van der Waals surface area contributed by atoms with Gasteiger partial charge in [-0.3, -0.25) is 52.3 Å². The Bertz CT molecular complexity index is 5780. The smallest absolute Gasteiger partial charge is 0.415 e. The lowest BCUT2D eigenvalue weighted by molar-refractivity contribution is 0.00731. The van der Waals surface area contributed by atoms with E-state index in [2.05, 4.69) is 77.1 Å². The van der Waals surface area contributed by atoms with E-state index >= 15 is 0 Å². The number of rotatable bonds is 19. The molecule has 12 heterocycles. The molecule has 38 heteroatoms. The highest BCUT2D eigenvalue weighted by Gasteiger charge is 2.37. The molecule has 12 aromatic rings. The minimum Gasteiger partial charge on any atom is -0.443 e. The molecular formula is C79H89ClN24O13. The molecule has 3 aliphatic rings. The highest BCUT2D eigenvalue weighted by atomic mass is 35.5. The first-order valence-corrected chi connectivity index (χ1v) is 37.5. The van der Waals surface area contributed by atoms with Crippen LogP contribution in [0.2, 0.25) is 5.15 Å². The maximum atomic E-state index is 13.3. The molecule has 6 atom stereocenters. The van der Waals surface area contributed by atoms with Crippen molar-refractivity contribution in [3.63, 3.8) is 0 Å². The Morgan fingerprint density at radius 3 is 1.21 bits per heavy atom. The van der Waals surface area contributed by atoms with Gasteiger partial charge in [0, 0.05) is 97.9 Å². The first-order valence-electron chi connectivity index (χ1n) is 37.2. The van der Waals surface area contributed by atoms with Crippen LogP contribution in [0, 0.1) is 0 Å². The highest BCUT2D eigenvalue weighted by Crippen LogP contribution is 2.31. The molecule has 0 saturated heterocycles. The van der Waals surface area contributed by atoms with Crippen molar-refractivity contribution in [1.82, 2.24) is 88.4 Å². The van der Waals surface area contributed by atoms with E-state index in [9.17, 15) is 38.4 Å². The van der Waals surface area contributed by atoms with Gasteiger partial charge in [-0.15, -0.1) is 0 Å². The molecule has 15 rings (SSSR count). The van der Waals surface area contributed by atoms with Crippen molar-refractivity contribution in [3.8, 4) is 17.5 Å². The predicted molar refractivity (Wildman–Crippen MR) is 437 cm³/mol. The fraction of sp³-hybridized carbons (Fsp3) is 0.329. The highest BCUT2D eigenvalue weighted by molar-refractivity contribution is 6.30. The lowest BCUT2D eigenvalue weighted by Crippen LogP contribution is -2.51. The van der Waals surface area contributed by atoms with Gasteiger partial charge in [0.25, 0.3) is 34.4 Å². The van der Waals surface area contributed by atoms with E-state index in [0.717, 1.165) is 38.5 Å². The summed E-state index contributed by atoms with van der Waals surface area (Å²) in [5.41, 5.74) is 5.56. The van der Waals surface area contributed by atoms with Crippen LogP contribution < -0.4 is 64.1 Å². The molecule has 117 heavy (non-hydrogen) atoms. The van der Waals surface area contributed by atoms with E-state index in [1.807, 2.05) is 12.1 Å². The van der Waals surface area contributed by atoms with Crippen LogP contribution in [-0.2, 0) is 23.7 Å². The molecule has 3 fully saturated rings. The molecule has 0 spiro atoms. The Kier molecular flexibility index (Phi) is 25.4. The van der Waals surface area contributed by atoms with Gasteiger partial charge in [0.15, 0.2) is 16.9 Å². The number of hydrogen-bond acceptors (Lipinski definition) is 26. The number of carbonyl (C=O) groups excluding carboxylic acids is 5. The first kappa shape index (κ1) is 82.9. The lowest BCUT2D eigenvalue weighted by atomic mass is 9.89. The summed E-state index contributed by atoms with van der Waals surface area (Å²) in [5, 5.41) is 31.1. The number of nitrogen functional groups attached to an aromatic ring is 1. The van der Waals surface area contributed by atoms with Gasteiger partial charge in [0.2, 0.25) is 0 Å². The molecule has 3 saturated carbocycles. The number of hydrogen-bond donors (Lipinski definition) is 7. The van der Waals surface area contributed by atoms with Gasteiger partial charge in [-0.25, -0.2) is 39.5 Å². The Labute approximate surface area is 674 Å². The van der Waals surface area contributed by atoms with Crippen LogP contribution in [0.4, 0.5) is 55.7 Å². The topological polar surface area (TPSA) is 431 Å². The van der Waals surface area contributed by atoms with Gasteiger partial charge >= 0.3 is 12.2 Å². The first-order chi connectivity index (χ1) is 56.0. The average molecular weight is 1620 g/mol. The van der Waals surface area contributed by atoms with E-state index in [4.69, 9.17) is 41.0 Å². The van der Waals surface area contributed by atoms with Crippen LogP contribution in [0.25, 0.3) is 34.4 Å². The summed E-state index contributed by atoms with van der Waals surface area (Å²) in [4.78, 5) is 131. The monoisotopic (exact) mass is 1620 g/mol. The number of nitrogens with zero attached hydrogens (tertiary/aromatic N) is 17. The molecule has 3 aliphatic carbocycles. The van der Waals surface area contributed by atoms with Crippen molar-refractivity contribution in [2.75, 3.05) is 74.0 Å². The number of ether oxygens (including phenoxy) is 5. The zero-order chi connectivity index (χ0) is 83.6. The van der Waals surface area contributed by atoms with Gasteiger partial charge in [-0.1, -0.05) is 29.8 Å². The van der Waals surface area contributed by atoms with E-state index in [1.54, 1.807) is 203 Å². The summed E-state index contributed by atoms with van der Waals surface area (Å²) in [6.07, 6.45) is 18.0. The van der Waals surface area contributed by atoms with Crippen LogP contribution >= 0.6 is 11.6 Å². The number of pyridine rings is 6. The molecule has 6 unspecified atom stereocenters. The molecule has 0 radical (unpaired) electrons. The van der Waals surface area contributed by atoms with E-state index in [-0.39, 0.29) is 121 Å². The number of anilines is 8. The standard InChI is InChI=1S/C28H32N8O5.C23H24N8O3.C18H24ClN5O4.C10H9N3O/c1-28(2,3)41-27(39)34(4)23-15-21(31-19-9-8-14-35(26(19)38)22-10-6-7-13-29-22)33-24-17(16-30-36(23)24)25(37)32-18-11-12-20(18)40-5;1-24-20-12-18(27-16-6-5-11-30(23(16)33)19-7-3-4-10-25-19)29-21-14(13-26-31(20)21)22(32)28-15-8-9-17(15)34-2;1-18(2,3)28-17(26)23(4)14-8-13(19)22-15-10(9-20-24(14)15)16(25)21-11-6-7-12(11)27-5;11-8-4-3-7-13(10(8)14)9-5-1-2-6-12-9/h6-10,13-16,18,20H,11-12H2,1-5H3,(H,31,33)(H,32,37);3-7,10-13,15,17,24H,8-9H2,1-2H3,(H,27,29)(H,28,32);8-9,11-12H,6-7H2,1-5H3,(H,21,25);1-7H,11H2. The van der Waals surface area contributed by atoms with Gasteiger partial charge in [0.05, 0.1) is 60.7 Å². The minimum atomic E-state index is -0.741. The van der Waals surface area contributed by atoms with Gasteiger partial charge in [-0.2, -0.15) is 28.8 Å². The molecule has 0 aliphatic heterocycles. The van der Waals surface area contributed by atoms with Crippen molar-refractivity contribution >= 4 is 105 Å². The molecule has 5 amide bonds. The Balaban J connectivity index is 0.000000151. The second-order valence-corrected chi connectivity index (χ2v) is 29.5.